The molecule has 2 aromatic carbocycles. The van der Waals surface area contributed by atoms with Crippen LogP contribution >= 0.6 is 58.0 Å². The van der Waals surface area contributed by atoms with Crippen LogP contribution in [0.2, 0.25) is 15.1 Å². The van der Waals surface area contributed by atoms with Gasteiger partial charge < -0.3 is 15.4 Å². The van der Waals surface area contributed by atoms with Gasteiger partial charge in [0.25, 0.3) is 0 Å². The molecule has 2 atom stereocenters. The number of rotatable bonds is 6. The molecule has 2 fully saturated rings. The number of carbonyl (C=O) groups excluding carboxylic acids is 2. The number of alkyl halides is 2. The molecule has 2 aromatic rings. The Morgan fingerprint density at radius 2 is 1.67 bits per heavy atom. The molecule has 0 spiro atoms. The zero-order valence-electron chi connectivity index (χ0n) is 17.2. The Morgan fingerprint density at radius 3 is 2.33 bits per heavy atom. The van der Waals surface area contributed by atoms with Crippen molar-refractivity contribution in [2.24, 2.45) is 5.92 Å². The van der Waals surface area contributed by atoms with Gasteiger partial charge in [0.15, 0.2) is 0 Å². The molecule has 176 valence electrons. The summed E-state index contributed by atoms with van der Waals surface area (Å²) in [6.07, 6.45) is 0. The summed E-state index contributed by atoms with van der Waals surface area (Å²) in [6.45, 7) is 2.80. The Kier molecular flexibility index (Phi) is 7.66. The van der Waals surface area contributed by atoms with Crippen LogP contribution in [0, 0.1) is 5.92 Å². The lowest BCUT2D eigenvalue weighted by molar-refractivity contribution is -0.118. The Bertz CT molecular complexity index is 1050. The molecule has 0 aromatic heterocycles. The number of ether oxygens (including phenoxy) is 1. The van der Waals surface area contributed by atoms with E-state index < -0.39 is 16.2 Å². The smallest absolute Gasteiger partial charge is 0.238 e. The quantitative estimate of drug-likeness (QED) is 0.469. The molecule has 2 aliphatic rings. The van der Waals surface area contributed by atoms with E-state index in [1.54, 1.807) is 36.4 Å². The summed E-state index contributed by atoms with van der Waals surface area (Å²) >= 11 is 31.2. The monoisotopic (exact) mass is 549 g/mol. The second-order valence-corrected chi connectivity index (χ2v) is 10.7. The van der Waals surface area contributed by atoms with Gasteiger partial charge in [-0.1, -0.05) is 34.8 Å². The predicted molar refractivity (Wildman–Crippen MR) is 133 cm³/mol. The summed E-state index contributed by atoms with van der Waals surface area (Å²) in [4.78, 5) is 27.4. The zero-order valence-corrected chi connectivity index (χ0v) is 21.0. The van der Waals surface area contributed by atoms with Crippen LogP contribution in [-0.4, -0.2) is 53.9 Å². The SMILES string of the molecule is O=C(CN1CCOCC1)Nc1cc(NC(=O)[C@H]2[C@H](c3cc(Cl)cc(Cl)c3)C2(Cl)Cl)ccc1Cl. The summed E-state index contributed by atoms with van der Waals surface area (Å²) < 4.78 is 4.00. The molecule has 4 rings (SSSR count). The lowest BCUT2D eigenvalue weighted by Crippen LogP contribution is -2.41. The maximum atomic E-state index is 12.9. The van der Waals surface area contributed by atoms with E-state index in [1.807, 2.05) is 4.90 Å². The average molecular weight is 552 g/mol. The van der Waals surface area contributed by atoms with Crippen molar-refractivity contribution in [3.8, 4) is 0 Å². The van der Waals surface area contributed by atoms with Crippen molar-refractivity contribution in [1.82, 2.24) is 4.90 Å². The van der Waals surface area contributed by atoms with Gasteiger partial charge in [-0.05, 0) is 42.0 Å². The summed E-state index contributed by atoms with van der Waals surface area (Å²) in [6, 6.07) is 9.80. The van der Waals surface area contributed by atoms with Crippen molar-refractivity contribution in [2.75, 3.05) is 43.5 Å². The third kappa shape index (κ3) is 5.88. The van der Waals surface area contributed by atoms with E-state index in [9.17, 15) is 9.59 Å². The van der Waals surface area contributed by atoms with Crippen molar-refractivity contribution >= 4 is 81.2 Å². The third-order valence-corrected chi connectivity index (χ3v) is 7.27. The van der Waals surface area contributed by atoms with Crippen LogP contribution < -0.4 is 10.6 Å². The van der Waals surface area contributed by atoms with E-state index in [0.29, 0.717) is 58.3 Å². The average Bonchev–Trinajstić information content (AvgIpc) is 3.32. The minimum atomic E-state index is -1.29. The highest BCUT2D eigenvalue weighted by Crippen LogP contribution is 2.65. The molecule has 33 heavy (non-hydrogen) atoms. The molecule has 1 saturated heterocycles. The van der Waals surface area contributed by atoms with Crippen molar-refractivity contribution in [2.45, 2.75) is 10.3 Å². The number of amides is 2. The summed E-state index contributed by atoms with van der Waals surface area (Å²) in [5, 5.41) is 6.81. The maximum Gasteiger partial charge on any atom is 0.238 e. The van der Waals surface area contributed by atoms with E-state index in [4.69, 9.17) is 62.7 Å². The van der Waals surface area contributed by atoms with Gasteiger partial charge in [0, 0.05) is 34.7 Å². The van der Waals surface area contributed by atoms with Crippen LogP contribution in [0.4, 0.5) is 11.4 Å². The molecule has 11 heteroatoms. The second kappa shape index (κ2) is 10.2. The number of morpholine rings is 1. The number of halogens is 5. The fourth-order valence-electron chi connectivity index (χ4n) is 3.89. The maximum absolute atomic E-state index is 12.9. The zero-order chi connectivity index (χ0) is 23.8. The number of benzene rings is 2. The molecule has 1 aliphatic carbocycles. The van der Waals surface area contributed by atoms with E-state index >= 15 is 0 Å². The Balaban J connectivity index is 1.42. The first kappa shape index (κ1) is 24.9. The fourth-order valence-corrected chi connectivity index (χ4v) is 5.43. The predicted octanol–water partition coefficient (Wildman–Crippen LogP) is 5.44. The molecule has 1 aliphatic heterocycles. The number of hydrogen-bond acceptors (Lipinski definition) is 4. The van der Waals surface area contributed by atoms with E-state index in [1.165, 1.54) is 0 Å². The largest absolute Gasteiger partial charge is 0.379 e. The molecule has 6 nitrogen and oxygen atoms in total. The highest BCUT2D eigenvalue weighted by molar-refractivity contribution is 6.53. The van der Waals surface area contributed by atoms with E-state index in [-0.39, 0.29) is 18.4 Å². The van der Waals surface area contributed by atoms with Crippen LogP contribution in [0.25, 0.3) is 0 Å². The lowest BCUT2D eigenvalue weighted by Gasteiger charge is -2.25. The normalized spacial score (nSPS) is 22.0. The number of carbonyl (C=O) groups is 2. The molecule has 0 unspecified atom stereocenters. The molecular weight excluding hydrogens is 532 g/mol. The van der Waals surface area contributed by atoms with Gasteiger partial charge in [-0.2, -0.15) is 0 Å². The minimum Gasteiger partial charge on any atom is -0.379 e. The van der Waals surface area contributed by atoms with Gasteiger partial charge in [0.2, 0.25) is 11.8 Å². The summed E-state index contributed by atoms with van der Waals surface area (Å²) in [7, 11) is 0. The van der Waals surface area contributed by atoms with Crippen LogP contribution in [-0.2, 0) is 14.3 Å². The van der Waals surface area contributed by atoms with Gasteiger partial charge in [-0.15, -0.1) is 23.2 Å². The minimum absolute atomic E-state index is 0.206. The first-order valence-electron chi connectivity index (χ1n) is 10.2. The summed E-state index contributed by atoms with van der Waals surface area (Å²) in [5.74, 6) is -1.74. The molecule has 1 heterocycles. The van der Waals surface area contributed by atoms with Gasteiger partial charge >= 0.3 is 0 Å². The third-order valence-electron chi connectivity index (χ3n) is 5.56. The van der Waals surface area contributed by atoms with Gasteiger partial charge in [-0.25, -0.2) is 0 Å². The Morgan fingerprint density at radius 1 is 1.00 bits per heavy atom. The molecule has 0 bridgehead atoms. The van der Waals surface area contributed by atoms with Crippen LogP contribution in [0.3, 0.4) is 0 Å². The fraction of sp³-hybridized carbons (Fsp3) is 0.364. The van der Waals surface area contributed by atoms with Crippen molar-refractivity contribution in [3.63, 3.8) is 0 Å². The summed E-state index contributed by atoms with van der Waals surface area (Å²) in [5.41, 5.74) is 1.53. The van der Waals surface area contributed by atoms with E-state index in [2.05, 4.69) is 10.6 Å². The van der Waals surface area contributed by atoms with Gasteiger partial charge in [-0.3, -0.25) is 14.5 Å². The topological polar surface area (TPSA) is 70.7 Å². The Labute approximate surface area is 216 Å². The van der Waals surface area contributed by atoms with Gasteiger partial charge in [0.05, 0.1) is 36.4 Å². The molecule has 2 N–H and O–H groups in total. The van der Waals surface area contributed by atoms with Crippen molar-refractivity contribution in [3.05, 3.63) is 57.0 Å². The first-order chi connectivity index (χ1) is 15.6. The molecule has 1 saturated carbocycles. The highest BCUT2D eigenvalue weighted by atomic mass is 35.5. The molecule has 0 radical (unpaired) electrons. The Hall–Kier alpha value is -1.25. The number of nitrogens with one attached hydrogen (secondary N) is 2. The van der Waals surface area contributed by atoms with Crippen molar-refractivity contribution < 1.29 is 14.3 Å². The van der Waals surface area contributed by atoms with Gasteiger partial charge in [0.1, 0.15) is 4.33 Å². The highest BCUT2D eigenvalue weighted by Gasteiger charge is 2.67. The van der Waals surface area contributed by atoms with Crippen LogP contribution in [0.1, 0.15) is 11.5 Å². The first-order valence-corrected chi connectivity index (χ1v) is 12.1. The van der Waals surface area contributed by atoms with Crippen LogP contribution in [0.15, 0.2) is 36.4 Å². The number of nitrogens with zero attached hydrogens (tertiary/aromatic N) is 1. The molecule has 2 amide bonds. The standard InChI is InChI=1S/C22H20Cl5N3O3/c23-13-7-12(8-14(24)9-13)19-20(22(19,26)27)21(32)28-15-1-2-16(25)17(10-15)29-18(31)11-30-3-5-33-6-4-30/h1-2,7-10,19-20H,3-6,11H2,(H,28,32)(H,29,31)/t19-,20+/m0/s1. The second-order valence-electron chi connectivity index (χ2n) is 7.95. The van der Waals surface area contributed by atoms with E-state index in [0.717, 1.165) is 0 Å². The van der Waals surface area contributed by atoms with Crippen molar-refractivity contribution in [1.29, 1.82) is 0 Å². The van der Waals surface area contributed by atoms with Crippen LogP contribution in [0.5, 0.6) is 0 Å². The number of anilines is 2. The lowest BCUT2D eigenvalue weighted by atomic mass is 10.1. The molecular formula is C22H20Cl5N3O3. The number of hydrogen-bond donors (Lipinski definition) is 2.